The topological polar surface area (TPSA) is 38.3 Å². The summed E-state index contributed by atoms with van der Waals surface area (Å²) in [4.78, 5) is 10.1. The number of allylic oxidation sites excluding steroid dienone is 1. The standard InChI is InChI=1S/C8H15NO2/c1-4-8(11-3)9-5-7(2)6-10/h5-6,8-9H,4H2,1-3H3/b7-5-. The molecule has 0 heterocycles. The number of rotatable bonds is 5. The lowest BCUT2D eigenvalue weighted by molar-refractivity contribution is -0.104. The van der Waals surface area contributed by atoms with E-state index in [9.17, 15) is 4.79 Å². The van der Waals surface area contributed by atoms with Crippen LogP contribution in [0.2, 0.25) is 0 Å². The lowest BCUT2D eigenvalue weighted by Crippen LogP contribution is -2.25. The Balaban J connectivity index is 3.73. The molecule has 0 aromatic carbocycles. The normalized spacial score (nSPS) is 14.3. The van der Waals surface area contributed by atoms with Crippen molar-refractivity contribution >= 4 is 6.29 Å². The van der Waals surface area contributed by atoms with E-state index in [1.807, 2.05) is 6.92 Å². The van der Waals surface area contributed by atoms with Gasteiger partial charge in [-0.1, -0.05) is 6.92 Å². The third-order valence-corrected chi connectivity index (χ3v) is 1.34. The third kappa shape index (κ3) is 4.56. The highest BCUT2D eigenvalue weighted by Crippen LogP contribution is 1.91. The zero-order chi connectivity index (χ0) is 8.69. The predicted octanol–water partition coefficient (Wildman–Crippen LogP) is 1.06. The second kappa shape index (κ2) is 5.92. The quantitative estimate of drug-likeness (QED) is 0.368. The third-order valence-electron chi connectivity index (χ3n) is 1.34. The highest BCUT2D eigenvalue weighted by atomic mass is 16.5. The number of methoxy groups -OCH3 is 1. The minimum atomic E-state index is 0.00454. The van der Waals surface area contributed by atoms with Gasteiger partial charge in [0.25, 0.3) is 0 Å². The van der Waals surface area contributed by atoms with E-state index < -0.39 is 0 Å². The first-order valence-electron chi connectivity index (χ1n) is 3.65. The Morgan fingerprint density at radius 2 is 2.36 bits per heavy atom. The molecular formula is C8H15NO2. The summed E-state index contributed by atoms with van der Waals surface area (Å²) in [5.41, 5.74) is 0.667. The lowest BCUT2D eigenvalue weighted by atomic mass is 10.3. The molecule has 1 unspecified atom stereocenters. The van der Waals surface area contributed by atoms with Crippen molar-refractivity contribution in [1.29, 1.82) is 0 Å². The van der Waals surface area contributed by atoms with Crippen LogP contribution in [0.5, 0.6) is 0 Å². The first kappa shape index (κ1) is 10.2. The van der Waals surface area contributed by atoms with Gasteiger partial charge in [0.1, 0.15) is 12.5 Å². The maximum atomic E-state index is 10.1. The first-order valence-corrected chi connectivity index (χ1v) is 3.65. The zero-order valence-corrected chi connectivity index (χ0v) is 7.26. The number of hydrogen-bond donors (Lipinski definition) is 1. The van der Waals surface area contributed by atoms with Crippen LogP contribution >= 0.6 is 0 Å². The molecule has 0 radical (unpaired) electrons. The summed E-state index contributed by atoms with van der Waals surface area (Å²) < 4.78 is 5.02. The largest absolute Gasteiger partial charge is 0.366 e. The van der Waals surface area contributed by atoms with E-state index in [4.69, 9.17) is 4.74 Å². The molecule has 11 heavy (non-hydrogen) atoms. The van der Waals surface area contributed by atoms with Crippen LogP contribution in [0.1, 0.15) is 20.3 Å². The van der Waals surface area contributed by atoms with E-state index in [2.05, 4.69) is 5.32 Å². The van der Waals surface area contributed by atoms with Crippen molar-refractivity contribution in [2.45, 2.75) is 26.5 Å². The zero-order valence-electron chi connectivity index (χ0n) is 7.26. The Kier molecular flexibility index (Phi) is 5.47. The first-order chi connectivity index (χ1) is 5.24. The van der Waals surface area contributed by atoms with Crippen molar-refractivity contribution in [3.63, 3.8) is 0 Å². The SMILES string of the molecule is CCC(N/C=C(/C)C=O)OC. The van der Waals surface area contributed by atoms with Crippen molar-refractivity contribution in [3.05, 3.63) is 11.8 Å². The molecule has 1 atom stereocenters. The van der Waals surface area contributed by atoms with E-state index in [1.54, 1.807) is 20.2 Å². The summed E-state index contributed by atoms with van der Waals surface area (Å²) in [6.45, 7) is 3.74. The second-order valence-electron chi connectivity index (χ2n) is 2.31. The van der Waals surface area contributed by atoms with Gasteiger partial charge in [-0.05, 0) is 13.3 Å². The maximum absolute atomic E-state index is 10.1. The average Bonchev–Trinajstić information content (AvgIpc) is 2.06. The molecule has 0 aliphatic carbocycles. The van der Waals surface area contributed by atoms with Crippen LogP contribution in [0.4, 0.5) is 0 Å². The Bertz CT molecular complexity index is 139. The number of carbonyl (C=O) groups excluding carboxylic acids is 1. The predicted molar refractivity (Wildman–Crippen MR) is 44.0 cm³/mol. The molecule has 0 bridgehead atoms. The summed E-state index contributed by atoms with van der Waals surface area (Å²) in [5.74, 6) is 0. The van der Waals surface area contributed by atoms with Gasteiger partial charge in [-0.3, -0.25) is 4.79 Å². The Hall–Kier alpha value is -0.830. The minimum Gasteiger partial charge on any atom is -0.366 e. The van der Waals surface area contributed by atoms with Crippen molar-refractivity contribution in [2.24, 2.45) is 0 Å². The molecule has 0 aromatic heterocycles. The molecule has 0 saturated heterocycles. The minimum absolute atomic E-state index is 0.00454. The van der Waals surface area contributed by atoms with Crippen molar-refractivity contribution < 1.29 is 9.53 Å². The van der Waals surface area contributed by atoms with Crippen molar-refractivity contribution in [3.8, 4) is 0 Å². The van der Waals surface area contributed by atoms with E-state index in [-0.39, 0.29) is 6.23 Å². The number of ether oxygens (including phenoxy) is 1. The molecule has 64 valence electrons. The second-order valence-corrected chi connectivity index (χ2v) is 2.31. The van der Waals surface area contributed by atoms with Gasteiger partial charge >= 0.3 is 0 Å². The van der Waals surface area contributed by atoms with Gasteiger partial charge in [-0.2, -0.15) is 0 Å². The monoisotopic (exact) mass is 157 g/mol. The van der Waals surface area contributed by atoms with E-state index in [0.717, 1.165) is 12.7 Å². The molecule has 1 N–H and O–H groups in total. The van der Waals surface area contributed by atoms with Gasteiger partial charge in [-0.25, -0.2) is 0 Å². The Morgan fingerprint density at radius 3 is 2.73 bits per heavy atom. The molecule has 0 fully saturated rings. The molecule has 3 heteroatoms. The van der Waals surface area contributed by atoms with Crippen molar-refractivity contribution in [2.75, 3.05) is 7.11 Å². The van der Waals surface area contributed by atoms with E-state index >= 15 is 0 Å². The number of nitrogens with one attached hydrogen (secondary N) is 1. The summed E-state index contributed by atoms with van der Waals surface area (Å²) in [7, 11) is 1.63. The van der Waals surface area contributed by atoms with Crippen LogP contribution in [0.25, 0.3) is 0 Å². The Labute approximate surface area is 67.4 Å². The number of hydrogen-bond acceptors (Lipinski definition) is 3. The molecule has 0 aliphatic rings. The molecule has 0 rings (SSSR count). The van der Waals surface area contributed by atoms with Gasteiger partial charge in [-0.15, -0.1) is 0 Å². The molecule has 0 saturated carbocycles. The summed E-state index contributed by atoms with van der Waals surface area (Å²) in [6.07, 6.45) is 3.34. The van der Waals surface area contributed by atoms with Gasteiger partial charge in [0.2, 0.25) is 0 Å². The molecule has 0 amide bonds. The van der Waals surface area contributed by atoms with E-state index in [1.165, 1.54) is 0 Å². The Morgan fingerprint density at radius 1 is 1.73 bits per heavy atom. The van der Waals surface area contributed by atoms with Crippen LogP contribution in [0, 0.1) is 0 Å². The summed E-state index contributed by atoms with van der Waals surface area (Å²) >= 11 is 0. The van der Waals surface area contributed by atoms with Gasteiger partial charge in [0.15, 0.2) is 0 Å². The van der Waals surface area contributed by atoms with Crippen molar-refractivity contribution in [1.82, 2.24) is 5.32 Å². The molecule has 0 spiro atoms. The van der Waals surface area contributed by atoms with Gasteiger partial charge in [0, 0.05) is 18.9 Å². The van der Waals surface area contributed by atoms with Crippen LogP contribution in [0.3, 0.4) is 0 Å². The number of carbonyl (C=O) groups is 1. The van der Waals surface area contributed by atoms with Crippen LogP contribution in [-0.4, -0.2) is 19.6 Å². The van der Waals surface area contributed by atoms with Crippen LogP contribution in [0.15, 0.2) is 11.8 Å². The maximum Gasteiger partial charge on any atom is 0.147 e. The fourth-order valence-corrected chi connectivity index (χ4v) is 0.611. The fourth-order valence-electron chi connectivity index (χ4n) is 0.611. The fraction of sp³-hybridized carbons (Fsp3) is 0.625. The summed E-state index contributed by atoms with van der Waals surface area (Å²) in [6, 6.07) is 0. The van der Waals surface area contributed by atoms with Crippen LogP contribution in [-0.2, 0) is 9.53 Å². The highest BCUT2D eigenvalue weighted by molar-refractivity contribution is 5.71. The van der Waals surface area contributed by atoms with Gasteiger partial charge < -0.3 is 10.1 Å². The lowest BCUT2D eigenvalue weighted by Gasteiger charge is -2.12. The smallest absolute Gasteiger partial charge is 0.147 e. The molecule has 0 aliphatic heterocycles. The summed E-state index contributed by atoms with van der Waals surface area (Å²) in [5, 5.41) is 2.95. The number of aldehydes is 1. The van der Waals surface area contributed by atoms with Gasteiger partial charge in [0.05, 0.1) is 0 Å². The average molecular weight is 157 g/mol. The molecule has 3 nitrogen and oxygen atoms in total. The van der Waals surface area contributed by atoms with Crippen LogP contribution < -0.4 is 5.32 Å². The molecule has 0 aromatic rings. The molecular weight excluding hydrogens is 142 g/mol. The van der Waals surface area contributed by atoms with E-state index in [0.29, 0.717) is 5.57 Å². The highest BCUT2D eigenvalue weighted by Gasteiger charge is 1.98.